The van der Waals surface area contributed by atoms with Gasteiger partial charge in [-0.25, -0.2) is 8.42 Å². The molecular formula is C20H19NO4S. The molecule has 0 saturated heterocycles. The van der Waals surface area contributed by atoms with Crippen molar-refractivity contribution in [3.63, 3.8) is 0 Å². The van der Waals surface area contributed by atoms with E-state index in [2.05, 4.69) is 0 Å². The monoisotopic (exact) mass is 369 g/mol. The third kappa shape index (κ3) is 3.70. The Hall–Kier alpha value is -2.86. The second kappa shape index (κ2) is 7.17. The number of carboxylic acids is 1. The highest BCUT2D eigenvalue weighted by molar-refractivity contribution is 7.92. The van der Waals surface area contributed by atoms with Crippen molar-refractivity contribution in [2.24, 2.45) is 0 Å². The Morgan fingerprint density at radius 3 is 2.27 bits per heavy atom. The van der Waals surface area contributed by atoms with E-state index in [1.54, 1.807) is 36.4 Å². The summed E-state index contributed by atoms with van der Waals surface area (Å²) < 4.78 is 27.4. The first-order valence-corrected chi connectivity index (χ1v) is 9.62. The van der Waals surface area contributed by atoms with Gasteiger partial charge in [0.25, 0.3) is 10.0 Å². The van der Waals surface area contributed by atoms with Crippen LogP contribution in [0.2, 0.25) is 0 Å². The lowest BCUT2D eigenvalue weighted by Crippen LogP contribution is -2.33. The standard InChI is InChI=1S/C20H19NO4S/c1-15-6-10-19(11-7-15)26(24,25)21(13-12-20(22)23)18-9-8-16-4-2-3-5-17(16)14-18/h2-11,14H,12-13H2,1H3,(H,22,23). The van der Waals surface area contributed by atoms with Crippen LogP contribution < -0.4 is 4.31 Å². The minimum atomic E-state index is -3.87. The Bertz CT molecular complexity index is 1040. The summed E-state index contributed by atoms with van der Waals surface area (Å²) in [6.45, 7) is 1.74. The second-order valence-corrected chi connectivity index (χ2v) is 7.93. The zero-order valence-electron chi connectivity index (χ0n) is 14.3. The fourth-order valence-corrected chi connectivity index (χ4v) is 4.21. The average molecular weight is 369 g/mol. The van der Waals surface area contributed by atoms with Gasteiger partial charge >= 0.3 is 5.97 Å². The Balaban J connectivity index is 2.08. The molecule has 0 radical (unpaired) electrons. The van der Waals surface area contributed by atoms with E-state index in [1.165, 1.54) is 0 Å². The van der Waals surface area contributed by atoms with Crippen LogP contribution in [0.4, 0.5) is 5.69 Å². The molecule has 134 valence electrons. The first-order valence-electron chi connectivity index (χ1n) is 8.18. The molecule has 0 bridgehead atoms. The van der Waals surface area contributed by atoms with Crippen molar-refractivity contribution in [3.8, 4) is 0 Å². The molecule has 3 rings (SSSR count). The van der Waals surface area contributed by atoms with E-state index >= 15 is 0 Å². The number of carboxylic acid groups (broad SMARTS) is 1. The molecule has 0 unspecified atom stereocenters. The number of nitrogens with zero attached hydrogens (tertiary/aromatic N) is 1. The molecule has 3 aromatic carbocycles. The van der Waals surface area contributed by atoms with Gasteiger partial charge in [-0.2, -0.15) is 0 Å². The summed E-state index contributed by atoms with van der Waals surface area (Å²) in [6.07, 6.45) is -0.280. The molecule has 0 aromatic heterocycles. The summed E-state index contributed by atoms with van der Waals surface area (Å²) in [6, 6.07) is 19.5. The smallest absolute Gasteiger partial charge is 0.305 e. The van der Waals surface area contributed by atoms with Crippen molar-refractivity contribution in [1.29, 1.82) is 0 Å². The highest BCUT2D eigenvalue weighted by atomic mass is 32.2. The largest absolute Gasteiger partial charge is 0.481 e. The number of hydrogen-bond acceptors (Lipinski definition) is 3. The third-order valence-corrected chi connectivity index (χ3v) is 6.00. The van der Waals surface area contributed by atoms with Crippen molar-refractivity contribution in [1.82, 2.24) is 0 Å². The topological polar surface area (TPSA) is 74.7 Å². The lowest BCUT2D eigenvalue weighted by atomic mass is 10.1. The van der Waals surface area contributed by atoms with Crippen LogP contribution in [0.1, 0.15) is 12.0 Å². The van der Waals surface area contributed by atoms with Gasteiger partial charge in [-0.1, -0.05) is 48.0 Å². The SMILES string of the molecule is Cc1ccc(S(=O)(=O)N(CCC(=O)O)c2ccc3ccccc3c2)cc1. The maximum absolute atomic E-state index is 13.1. The molecule has 0 aliphatic rings. The fraction of sp³-hybridized carbons (Fsp3) is 0.150. The molecular weight excluding hydrogens is 350 g/mol. The van der Waals surface area contributed by atoms with E-state index in [4.69, 9.17) is 5.11 Å². The van der Waals surface area contributed by atoms with E-state index in [0.29, 0.717) is 5.69 Å². The summed E-state index contributed by atoms with van der Waals surface area (Å²) in [4.78, 5) is 11.2. The van der Waals surface area contributed by atoms with Gasteiger partial charge in [0.05, 0.1) is 17.0 Å². The maximum atomic E-state index is 13.1. The lowest BCUT2D eigenvalue weighted by molar-refractivity contribution is -0.136. The number of anilines is 1. The van der Waals surface area contributed by atoms with Crippen molar-refractivity contribution in [3.05, 3.63) is 72.3 Å². The highest BCUT2D eigenvalue weighted by Gasteiger charge is 2.25. The van der Waals surface area contributed by atoms with Gasteiger partial charge in [0, 0.05) is 6.54 Å². The van der Waals surface area contributed by atoms with Crippen LogP contribution in [-0.2, 0) is 14.8 Å². The van der Waals surface area contributed by atoms with Gasteiger partial charge in [0.1, 0.15) is 0 Å². The maximum Gasteiger partial charge on any atom is 0.305 e. The van der Waals surface area contributed by atoms with E-state index in [1.807, 2.05) is 37.3 Å². The molecule has 3 aromatic rings. The number of carbonyl (C=O) groups is 1. The molecule has 0 aliphatic heterocycles. The van der Waals surface area contributed by atoms with E-state index in [0.717, 1.165) is 20.6 Å². The number of sulfonamides is 1. The van der Waals surface area contributed by atoms with Crippen LogP contribution in [0.15, 0.2) is 71.6 Å². The van der Waals surface area contributed by atoms with Gasteiger partial charge in [0.2, 0.25) is 0 Å². The molecule has 0 fully saturated rings. The first kappa shape index (κ1) is 17.9. The van der Waals surface area contributed by atoms with Crippen LogP contribution in [0, 0.1) is 6.92 Å². The molecule has 0 atom stereocenters. The molecule has 0 heterocycles. The van der Waals surface area contributed by atoms with Crippen LogP contribution in [0.25, 0.3) is 10.8 Å². The van der Waals surface area contributed by atoms with Crippen molar-refractivity contribution in [2.75, 3.05) is 10.8 Å². The first-order chi connectivity index (χ1) is 12.4. The summed E-state index contributed by atoms with van der Waals surface area (Å²) in [5.74, 6) is -1.05. The third-order valence-electron chi connectivity index (χ3n) is 4.16. The van der Waals surface area contributed by atoms with Crippen molar-refractivity contribution in [2.45, 2.75) is 18.2 Å². The number of aryl methyl sites for hydroxylation is 1. The summed E-state index contributed by atoms with van der Waals surface area (Å²) in [7, 11) is -3.87. The Kier molecular flexibility index (Phi) is 4.95. The summed E-state index contributed by atoms with van der Waals surface area (Å²) >= 11 is 0. The zero-order chi connectivity index (χ0) is 18.7. The second-order valence-electron chi connectivity index (χ2n) is 6.07. The predicted molar refractivity (Wildman–Crippen MR) is 102 cm³/mol. The van der Waals surface area contributed by atoms with Crippen LogP contribution in [0.3, 0.4) is 0 Å². The molecule has 5 nitrogen and oxygen atoms in total. The minimum Gasteiger partial charge on any atom is -0.481 e. The number of aliphatic carboxylic acids is 1. The molecule has 26 heavy (non-hydrogen) atoms. The Morgan fingerprint density at radius 2 is 1.62 bits per heavy atom. The van der Waals surface area contributed by atoms with Crippen molar-refractivity contribution < 1.29 is 18.3 Å². The van der Waals surface area contributed by atoms with Crippen LogP contribution >= 0.6 is 0 Å². The zero-order valence-corrected chi connectivity index (χ0v) is 15.1. The average Bonchev–Trinajstić information content (AvgIpc) is 2.61. The van der Waals surface area contributed by atoms with E-state index in [9.17, 15) is 13.2 Å². The number of fused-ring (bicyclic) bond motifs is 1. The van der Waals surface area contributed by atoms with E-state index in [-0.39, 0.29) is 17.9 Å². The fourth-order valence-electron chi connectivity index (χ4n) is 2.75. The van der Waals surface area contributed by atoms with Crippen molar-refractivity contribution >= 4 is 32.5 Å². The minimum absolute atomic E-state index is 0.135. The van der Waals surface area contributed by atoms with Gasteiger partial charge < -0.3 is 5.11 Å². The van der Waals surface area contributed by atoms with Gasteiger partial charge in [0.15, 0.2) is 0 Å². The molecule has 0 aliphatic carbocycles. The molecule has 0 spiro atoms. The molecule has 0 saturated carbocycles. The van der Waals surface area contributed by atoms with Gasteiger partial charge in [-0.15, -0.1) is 0 Å². The van der Waals surface area contributed by atoms with E-state index < -0.39 is 16.0 Å². The number of benzene rings is 3. The molecule has 6 heteroatoms. The molecule has 1 N–H and O–H groups in total. The number of rotatable bonds is 6. The Morgan fingerprint density at radius 1 is 0.962 bits per heavy atom. The predicted octanol–water partition coefficient (Wildman–Crippen LogP) is 3.82. The highest BCUT2D eigenvalue weighted by Crippen LogP contribution is 2.27. The van der Waals surface area contributed by atoms with Gasteiger partial charge in [-0.3, -0.25) is 9.10 Å². The normalized spacial score (nSPS) is 11.4. The number of hydrogen-bond donors (Lipinski definition) is 1. The van der Waals surface area contributed by atoms with Gasteiger partial charge in [-0.05, 0) is 42.0 Å². The lowest BCUT2D eigenvalue weighted by Gasteiger charge is -2.24. The van der Waals surface area contributed by atoms with Crippen LogP contribution in [0.5, 0.6) is 0 Å². The summed E-state index contributed by atoms with van der Waals surface area (Å²) in [5.41, 5.74) is 1.40. The quantitative estimate of drug-likeness (QED) is 0.717. The molecule has 0 amide bonds. The van der Waals surface area contributed by atoms with Crippen LogP contribution in [-0.4, -0.2) is 26.0 Å². The Labute approximate surface area is 152 Å². The summed E-state index contributed by atoms with van der Waals surface area (Å²) in [5, 5.41) is 10.9.